The zero-order valence-electron chi connectivity index (χ0n) is 8.97. The maximum atomic E-state index is 11.2. The number of benzene rings is 1. The number of hydrogen-bond acceptors (Lipinski definition) is 3. The lowest BCUT2D eigenvalue weighted by Gasteiger charge is -2.05. The molecule has 0 aliphatic carbocycles. The molecule has 16 heavy (non-hydrogen) atoms. The summed E-state index contributed by atoms with van der Waals surface area (Å²) in [6.45, 7) is 0.831. The normalized spacial score (nSPS) is 12.3. The lowest BCUT2D eigenvalue weighted by molar-refractivity contribution is 0.687. The van der Waals surface area contributed by atoms with Gasteiger partial charge in [-0.15, -0.1) is 0 Å². The van der Waals surface area contributed by atoms with Gasteiger partial charge in [-0.05, 0) is 46.7 Å². The first-order valence-corrected chi connectivity index (χ1v) is 7.44. The predicted molar refractivity (Wildman–Crippen MR) is 70.4 cm³/mol. The van der Waals surface area contributed by atoms with Crippen LogP contribution in [0, 0.1) is 0 Å². The third kappa shape index (κ3) is 2.93. The Hall–Kier alpha value is -1.13. The Bertz CT molecular complexity index is 462. The predicted octanol–water partition coefficient (Wildman–Crippen LogP) is 3.10. The molecule has 0 spiro atoms. The van der Waals surface area contributed by atoms with Crippen LogP contribution in [0.25, 0.3) is 0 Å². The van der Waals surface area contributed by atoms with Crippen LogP contribution in [0.4, 0.5) is 5.69 Å². The Labute approximate surface area is 102 Å². The molecule has 2 nitrogen and oxygen atoms in total. The maximum absolute atomic E-state index is 11.2. The lowest BCUT2D eigenvalue weighted by atomic mass is 10.3. The van der Waals surface area contributed by atoms with Crippen LogP contribution in [0.15, 0.2) is 46.0 Å². The van der Waals surface area contributed by atoms with Crippen LogP contribution in [-0.4, -0.2) is 10.5 Å². The molecule has 0 fully saturated rings. The first-order valence-electron chi connectivity index (χ1n) is 4.94. The highest BCUT2D eigenvalue weighted by molar-refractivity contribution is 7.84. The molecule has 0 saturated carbocycles. The van der Waals surface area contributed by atoms with Crippen molar-refractivity contribution in [2.24, 2.45) is 0 Å². The van der Waals surface area contributed by atoms with Gasteiger partial charge in [-0.3, -0.25) is 4.21 Å². The molecule has 1 N–H and O–H groups in total. The molecule has 1 heterocycles. The Morgan fingerprint density at radius 2 is 2.00 bits per heavy atom. The van der Waals surface area contributed by atoms with Crippen molar-refractivity contribution in [3.8, 4) is 0 Å². The molecule has 1 aromatic carbocycles. The van der Waals surface area contributed by atoms with Gasteiger partial charge in [0, 0.05) is 34.2 Å². The highest BCUT2D eigenvalue weighted by atomic mass is 32.2. The van der Waals surface area contributed by atoms with Crippen molar-refractivity contribution in [2.75, 3.05) is 11.6 Å². The van der Waals surface area contributed by atoms with E-state index in [9.17, 15) is 4.21 Å². The summed E-state index contributed by atoms with van der Waals surface area (Å²) in [5.41, 5.74) is 2.34. The second-order valence-electron chi connectivity index (χ2n) is 3.46. The molecule has 4 heteroatoms. The Balaban J connectivity index is 1.98. The second kappa shape index (κ2) is 5.27. The van der Waals surface area contributed by atoms with Crippen molar-refractivity contribution < 1.29 is 4.21 Å². The summed E-state index contributed by atoms with van der Waals surface area (Å²) in [5, 5.41) is 7.52. The highest BCUT2D eigenvalue weighted by Gasteiger charge is 1.97. The minimum Gasteiger partial charge on any atom is -0.381 e. The van der Waals surface area contributed by atoms with E-state index in [0.29, 0.717) is 0 Å². The van der Waals surface area contributed by atoms with Crippen LogP contribution in [0.1, 0.15) is 5.56 Å². The molecule has 2 aromatic rings. The first kappa shape index (κ1) is 11.4. The fourth-order valence-corrected chi connectivity index (χ4v) is 2.55. The van der Waals surface area contributed by atoms with E-state index >= 15 is 0 Å². The molecule has 0 radical (unpaired) electrons. The standard InChI is InChI=1S/C12H13NOS2/c1-16(14)12-4-2-11(3-5-12)13-8-10-6-7-15-9-10/h2-7,9,13H,8H2,1H3. The highest BCUT2D eigenvalue weighted by Crippen LogP contribution is 2.14. The van der Waals surface area contributed by atoms with Gasteiger partial charge in [0.1, 0.15) is 0 Å². The molecule has 1 unspecified atom stereocenters. The summed E-state index contributed by atoms with van der Waals surface area (Å²) >= 11 is 1.70. The smallest absolute Gasteiger partial charge is 0.0498 e. The summed E-state index contributed by atoms with van der Waals surface area (Å²) in [6.07, 6.45) is 1.69. The van der Waals surface area contributed by atoms with Gasteiger partial charge in [-0.2, -0.15) is 11.3 Å². The van der Waals surface area contributed by atoms with Crippen molar-refractivity contribution >= 4 is 27.8 Å². The van der Waals surface area contributed by atoms with Crippen LogP contribution in [0.3, 0.4) is 0 Å². The van der Waals surface area contributed by atoms with Crippen LogP contribution in [-0.2, 0) is 17.3 Å². The number of hydrogen-bond donors (Lipinski definition) is 1. The quantitative estimate of drug-likeness (QED) is 0.904. The largest absolute Gasteiger partial charge is 0.381 e. The van der Waals surface area contributed by atoms with E-state index < -0.39 is 10.8 Å². The van der Waals surface area contributed by atoms with Crippen molar-refractivity contribution in [3.05, 3.63) is 46.7 Å². The molecule has 1 atom stereocenters. The van der Waals surface area contributed by atoms with Crippen molar-refractivity contribution in [1.29, 1.82) is 0 Å². The van der Waals surface area contributed by atoms with Crippen molar-refractivity contribution in [3.63, 3.8) is 0 Å². The molecule has 2 rings (SSSR count). The van der Waals surface area contributed by atoms with E-state index in [0.717, 1.165) is 17.1 Å². The average Bonchev–Trinajstić information content (AvgIpc) is 2.80. The van der Waals surface area contributed by atoms with Gasteiger partial charge in [-0.25, -0.2) is 0 Å². The molecule has 0 aliphatic heterocycles. The number of rotatable bonds is 4. The van der Waals surface area contributed by atoms with Gasteiger partial charge in [0.05, 0.1) is 0 Å². The lowest BCUT2D eigenvalue weighted by Crippen LogP contribution is -1.98. The maximum Gasteiger partial charge on any atom is 0.0498 e. The fraction of sp³-hybridized carbons (Fsp3) is 0.167. The molecule has 0 bridgehead atoms. The van der Waals surface area contributed by atoms with E-state index in [-0.39, 0.29) is 0 Å². The summed E-state index contributed by atoms with van der Waals surface area (Å²) < 4.78 is 11.2. The van der Waals surface area contributed by atoms with Gasteiger partial charge in [0.25, 0.3) is 0 Å². The zero-order chi connectivity index (χ0) is 11.4. The number of nitrogens with one attached hydrogen (secondary N) is 1. The Morgan fingerprint density at radius 3 is 2.56 bits per heavy atom. The molecule has 0 amide bonds. The van der Waals surface area contributed by atoms with Gasteiger partial charge >= 0.3 is 0 Å². The Morgan fingerprint density at radius 1 is 1.25 bits per heavy atom. The average molecular weight is 251 g/mol. The van der Waals surface area contributed by atoms with Crippen LogP contribution < -0.4 is 5.32 Å². The van der Waals surface area contributed by atoms with Crippen molar-refractivity contribution in [1.82, 2.24) is 0 Å². The molecule has 0 aliphatic rings. The number of anilines is 1. The van der Waals surface area contributed by atoms with Crippen LogP contribution in [0.2, 0.25) is 0 Å². The van der Waals surface area contributed by atoms with Crippen LogP contribution >= 0.6 is 11.3 Å². The molecule has 84 valence electrons. The second-order valence-corrected chi connectivity index (χ2v) is 5.62. The number of thiophene rings is 1. The fourth-order valence-electron chi connectivity index (χ4n) is 1.36. The van der Waals surface area contributed by atoms with Crippen LogP contribution in [0.5, 0.6) is 0 Å². The summed E-state index contributed by atoms with van der Waals surface area (Å²) in [7, 11) is -0.897. The minimum absolute atomic E-state index is 0.831. The summed E-state index contributed by atoms with van der Waals surface area (Å²) in [6, 6.07) is 9.82. The monoisotopic (exact) mass is 251 g/mol. The zero-order valence-corrected chi connectivity index (χ0v) is 10.6. The third-order valence-electron chi connectivity index (χ3n) is 2.26. The summed E-state index contributed by atoms with van der Waals surface area (Å²) in [4.78, 5) is 0.862. The minimum atomic E-state index is -0.897. The summed E-state index contributed by atoms with van der Waals surface area (Å²) in [5.74, 6) is 0. The van der Waals surface area contributed by atoms with Crippen molar-refractivity contribution in [2.45, 2.75) is 11.4 Å². The van der Waals surface area contributed by atoms with E-state index in [1.54, 1.807) is 17.6 Å². The molecule has 1 aromatic heterocycles. The van der Waals surface area contributed by atoms with Gasteiger partial charge in [-0.1, -0.05) is 0 Å². The SMILES string of the molecule is CS(=O)c1ccc(NCc2ccsc2)cc1. The Kier molecular flexibility index (Phi) is 3.74. The van der Waals surface area contributed by atoms with E-state index in [4.69, 9.17) is 0 Å². The first-order chi connectivity index (χ1) is 7.75. The topological polar surface area (TPSA) is 29.1 Å². The van der Waals surface area contributed by atoms with Gasteiger partial charge < -0.3 is 5.32 Å². The third-order valence-corrected chi connectivity index (χ3v) is 3.93. The molecular weight excluding hydrogens is 238 g/mol. The molecule has 0 saturated heterocycles. The van der Waals surface area contributed by atoms with E-state index in [1.807, 2.05) is 24.3 Å². The van der Waals surface area contributed by atoms with E-state index in [2.05, 4.69) is 22.1 Å². The van der Waals surface area contributed by atoms with Gasteiger partial charge in [0.2, 0.25) is 0 Å². The van der Waals surface area contributed by atoms with E-state index in [1.165, 1.54) is 5.56 Å². The van der Waals surface area contributed by atoms with Gasteiger partial charge in [0.15, 0.2) is 0 Å². The molecular formula is C12H13NOS2.